The monoisotopic (exact) mass is 459 g/mol. The van der Waals surface area contributed by atoms with Gasteiger partial charge in [0, 0.05) is 42.8 Å². The maximum Gasteiger partial charge on any atom is 0.277 e. The molecular formula is C26H29N5O3. The summed E-state index contributed by atoms with van der Waals surface area (Å²) < 4.78 is 6.64. The lowest BCUT2D eigenvalue weighted by atomic mass is 10.1. The zero-order valence-electron chi connectivity index (χ0n) is 19.7. The number of rotatable bonds is 5. The van der Waals surface area contributed by atoms with Gasteiger partial charge < -0.3 is 19.5 Å². The van der Waals surface area contributed by atoms with Crippen LogP contribution in [0.4, 0.5) is 5.69 Å². The molecule has 1 amide bonds. The number of fused-ring (bicyclic) bond motifs is 3. The highest BCUT2D eigenvalue weighted by Crippen LogP contribution is 2.26. The number of para-hydroxylation sites is 1. The molecule has 1 aliphatic rings. The topological polar surface area (TPSA) is 83.5 Å². The summed E-state index contributed by atoms with van der Waals surface area (Å²) in [7, 11) is 1.65. The van der Waals surface area contributed by atoms with E-state index >= 15 is 0 Å². The molecule has 0 saturated carbocycles. The second kappa shape index (κ2) is 8.85. The molecule has 8 nitrogen and oxygen atoms in total. The first-order valence-electron chi connectivity index (χ1n) is 11.7. The highest BCUT2D eigenvalue weighted by atomic mass is 16.5. The van der Waals surface area contributed by atoms with Crippen LogP contribution in [0, 0.1) is 6.92 Å². The second-order valence-corrected chi connectivity index (χ2v) is 8.69. The van der Waals surface area contributed by atoms with E-state index in [0.717, 1.165) is 40.9 Å². The fraction of sp³-hybridized carbons (Fsp3) is 0.346. The number of aryl methyl sites for hydroxylation is 1. The molecule has 1 saturated heterocycles. The van der Waals surface area contributed by atoms with Crippen LogP contribution < -0.4 is 15.2 Å². The zero-order chi connectivity index (χ0) is 23.8. The van der Waals surface area contributed by atoms with Gasteiger partial charge in [-0.05, 0) is 43.7 Å². The maximum absolute atomic E-state index is 13.5. The van der Waals surface area contributed by atoms with Crippen LogP contribution in [0.25, 0.3) is 21.8 Å². The van der Waals surface area contributed by atoms with Crippen LogP contribution >= 0.6 is 0 Å². The minimum Gasteiger partial charge on any atom is -0.497 e. The first-order valence-corrected chi connectivity index (χ1v) is 11.7. The van der Waals surface area contributed by atoms with Crippen molar-refractivity contribution >= 4 is 33.4 Å². The van der Waals surface area contributed by atoms with Crippen molar-refractivity contribution in [1.29, 1.82) is 0 Å². The maximum atomic E-state index is 13.5. The van der Waals surface area contributed by atoms with E-state index in [4.69, 9.17) is 4.74 Å². The van der Waals surface area contributed by atoms with Gasteiger partial charge in [-0.1, -0.05) is 25.1 Å². The number of hydrogen-bond donors (Lipinski definition) is 1. The lowest BCUT2D eigenvalue weighted by Gasteiger charge is -2.37. The van der Waals surface area contributed by atoms with Gasteiger partial charge in [0.15, 0.2) is 0 Å². The Kier molecular flexibility index (Phi) is 5.73. The molecule has 2 aromatic carbocycles. The molecule has 1 atom stereocenters. The number of anilines is 1. The molecule has 176 valence electrons. The van der Waals surface area contributed by atoms with E-state index in [1.54, 1.807) is 7.11 Å². The number of aromatic amines is 1. The Morgan fingerprint density at radius 1 is 1.09 bits per heavy atom. The second-order valence-electron chi connectivity index (χ2n) is 8.69. The number of hydrogen-bond acceptors (Lipinski definition) is 5. The van der Waals surface area contributed by atoms with Crippen LogP contribution in [0.1, 0.15) is 25.1 Å². The van der Waals surface area contributed by atoms with Crippen molar-refractivity contribution in [3.63, 3.8) is 0 Å². The minimum atomic E-state index is -0.628. The highest BCUT2D eigenvalue weighted by molar-refractivity contribution is 6.07. The lowest BCUT2D eigenvalue weighted by Crippen LogP contribution is -2.51. The van der Waals surface area contributed by atoms with E-state index < -0.39 is 6.04 Å². The molecule has 34 heavy (non-hydrogen) atoms. The van der Waals surface area contributed by atoms with Crippen molar-refractivity contribution in [2.75, 3.05) is 38.2 Å². The van der Waals surface area contributed by atoms with E-state index in [0.29, 0.717) is 30.6 Å². The summed E-state index contributed by atoms with van der Waals surface area (Å²) in [6.07, 6.45) is 0.498. The van der Waals surface area contributed by atoms with E-state index in [1.807, 2.05) is 67.3 Å². The summed E-state index contributed by atoms with van der Waals surface area (Å²) in [6, 6.07) is 15.1. The van der Waals surface area contributed by atoms with Gasteiger partial charge in [0.05, 0.1) is 23.7 Å². The molecule has 4 aromatic rings. The molecule has 1 unspecified atom stereocenters. The normalized spacial score (nSPS) is 15.1. The Balaban J connectivity index is 1.40. The smallest absolute Gasteiger partial charge is 0.277 e. The predicted octanol–water partition coefficient (Wildman–Crippen LogP) is 3.49. The van der Waals surface area contributed by atoms with Gasteiger partial charge in [-0.15, -0.1) is 0 Å². The van der Waals surface area contributed by atoms with Crippen LogP contribution in [0.2, 0.25) is 0 Å². The first-order chi connectivity index (χ1) is 16.5. The lowest BCUT2D eigenvalue weighted by molar-refractivity contribution is -0.135. The van der Waals surface area contributed by atoms with Gasteiger partial charge in [0.25, 0.3) is 5.56 Å². The fourth-order valence-electron chi connectivity index (χ4n) is 4.86. The number of carbonyl (C=O) groups excluding carboxylic acids is 1. The largest absolute Gasteiger partial charge is 0.497 e. The Hall–Kier alpha value is -3.81. The number of ether oxygens (including phenoxy) is 1. The number of benzene rings is 2. The molecule has 3 heterocycles. The Labute approximate surface area is 197 Å². The number of methoxy groups -OCH3 is 1. The molecule has 0 radical (unpaired) electrons. The number of carbonyl (C=O) groups is 1. The van der Waals surface area contributed by atoms with Gasteiger partial charge in [0.2, 0.25) is 5.91 Å². The molecule has 1 N–H and O–H groups in total. The van der Waals surface area contributed by atoms with Gasteiger partial charge in [0.1, 0.15) is 11.8 Å². The van der Waals surface area contributed by atoms with Crippen molar-refractivity contribution in [3.8, 4) is 5.75 Å². The summed E-state index contributed by atoms with van der Waals surface area (Å²) in [4.78, 5) is 34.5. The minimum absolute atomic E-state index is 0.0509. The van der Waals surface area contributed by atoms with Gasteiger partial charge in [-0.25, -0.2) is 4.68 Å². The van der Waals surface area contributed by atoms with Crippen molar-refractivity contribution < 1.29 is 9.53 Å². The molecule has 0 aliphatic carbocycles. The van der Waals surface area contributed by atoms with E-state index in [9.17, 15) is 9.59 Å². The summed E-state index contributed by atoms with van der Waals surface area (Å²) >= 11 is 0. The van der Waals surface area contributed by atoms with Gasteiger partial charge in [-0.2, -0.15) is 5.10 Å². The van der Waals surface area contributed by atoms with Gasteiger partial charge in [-0.3, -0.25) is 9.59 Å². The van der Waals surface area contributed by atoms with Crippen molar-refractivity contribution in [2.24, 2.45) is 0 Å². The summed E-state index contributed by atoms with van der Waals surface area (Å²) in [5, 5.41) is 6.02. The zero-order valence-corrected chi connectivity index (χ0v) is 19.7. The van der Waals surface area contributed by atoms with Gasteiger partial charge >= 0.3 is 0 Å². The average molecular weight is 460 g/mol. The van der Waals surface area contributed by atoms with Crippen LogP contribution in [0.3, 0.4) is 0 Å². The number of H-pyrrole nitrogens is 1. The van der Waals surface area contributed by atoms with Crippen molar-refractivity contribution in [3.05, 3.63) is 64.6 Å². The standard InChI is InChI=1S/C26H29N5O3/c1-4-22(25(32)30-15-13-29(14-16-30)18-9-11-19(34-3)12-10-18)31-26(33)23-20-7-5-6-8-21(20)27-24(23)17(2)28-31/h5-12,22,27H,4,13-16H2,1-3H3. The quantitative estimate of drug-likeness (QED) is 0.494. The summed E-state index contributed by atoms with van der Waals surface area (Å²) in [6.45, 7) is 6.47. The van der Waals surface area contributed by atoms with E-state index in [-0.39, 0.29) is 11.5 Å². The molecule has 1 fully saturated rings. The molecule has 2 aromatic heterocycles. The fourth-order valence-corrected chi connectivity index (χ4v) is 4.86. The highest BCUT2D eigenvalue weighted by Gasteiger charge is 2.30. The van der Waals surface area contributed by atoms with Crippen molar-refractivity contribution in [1.82, 2.24) is 19.7 Å². The van der Waals surface area contributed by atoms with Crippen LogP contribution in [-0.2, 0) is 4.79 Å². The third-order valence-electron chi connectivity index (χ3n) is 6.74. The molecular weight excluding hydrogens is 430 g/mol. The molecule has 0 bridgehead atoms. The van der Waals surface area contributed by atoms with Crippen LogP contribution in [0.15, 0.2) is 53.3 Å². The van der Waals surface area contributed by atoms with Crippen molar-refractivity contribution in [2.45, 2.75) is 26.3 Å². The number of aromatic nitrogens is 3. The number of piperazine rings is 1. The number of nitrogens with one attached hydrogen (secondary N) is 1. The Morgan fingerprint density at radius 2 is 1.79 bits per heavy atom. The molecule has 1 aliphatic heterocycles. The third kappa shape index (κ3) is 3.69. The number of amides is 1. The Bertz CT molecular complexity index is 1400. The van der Waals surface area contributed by atoms with Crippen LogP contribution in [-0.4, -0.2) is 58.9 Å². The average Bonchev–Trinajstić information content (AvgIpc) is 3.28. The molecule has 8 heteroatoms. The summed E-state index contributed by atoms with van der Waals surface area (Å²) in [5.74, 6) is 0.772. The molecule has 0 spiro atoms. The SMILES string of the molecule is CCC(C(=O)N1CCN(c2ccc(OC)cc2)CC1)n1nc(C)c2[nH]c3ccccc3c2c1=O. The van der Waals surface area contributed by atoms with E-state index in [1.165, 1.54) is 4.68 Å². The Morgan fingerprint density at radius 3 is 2.47 bits per heavy atom. The van der Waals surface area contributed by atoms with Crippen LogP contribution in [0.5, 0.6) is 5.75 Å². The summed E-state index contributed by atoms with van der Waals surface area (Å²) in [5.41, 5.74) is 3.22. The molecule has 5 rings (SSSR count). The third-order valence-corrected chi connectivity index (χ3v) is 6.74. The first kappa shape index (κ1) is 22.0. The number of nitrogens with zero attached hydrogens (tertiary/aromatic N) is 4. The van der Waals surface area contributed by atoms with E-state index in [2.05, 4.69) is 15.0 Å². The predicted molar refractivity (Wildman–Crippen MR) is 134 cm³/mol.